The van der Waals surface area contributed by atoms with Crippen molar-refractivity contribution in [1.29, 1.82) is 5.26 Å². The third-order valence-corrected chi connectivity index (χ3v) is 5.69. The zero-order valence-corrected chi connectivity index (χ0v) is 17.2. The first kappa shape index (κ1) is 21.0. The number of nitrogens with zero attached hydrogens (tertiary/aromatic N) is 3. The van der Waals surface area contributed by atoms with E-state index in [1.54, 1.807) is 19.2 Å². The fraction of sp³-hybridized carbons (Fsp3) is 0.455. The molecule has 7 heteroatoms. The van der Waals surface area contributed by atoms with E-state index in [9.17, 15) is 14.4 Å². The van der Waals surface area contributed by atoms with Crippen LogP contribution in [0.1, 0.15) is 35.2 Å². The second kappa shape index (κ2) is 9.21. The molecule has 1 aromatic heterocycles. The summed E-state index contributed by atoms with van der Waals surface area (Å²) in [4.78, 5) is 14.8. The van der Waals surface area contributed by atoms with Crippen LogP contribution in [0.4, 0.5) is 10.2 Å². The number of piperidine rings is 1. The van der Waals surface area contributed by atoms with Crippen molar-refractivity contribution in [3.63, 3.8) is 0 Å². The number of anilines is 1. The van der Waals surface area contributed by atoms with Crippen LogP contribution in [-0.4, -0.2) is 48.2 Å². The molecule has 1 amide bonds. The maximum absolute atomic E-state index is 13.2. The number of nitrogens with one attached hydrogen (secondary N) is 1. The molecular formula is C22H27FN4O2. The highest BCUT2D eigenvalue weighted by atomic mass is 19.1. The SMILES string of the molecule is COC1CCN(CC(=O)Nc2c(C#N)c(C)c(C)n2Cc2ccc(F)cc2)CC1. The zero-order chi connectivity index (χ0) is 21.0. The molecule has 1 N–H and O–H groups in total. The summed E-state index contributed by atoms with van der Waals surface area (Å²) in [6.07, 6.45) is 2.08. The van der Waals surface area contributed by atoms with Gasteiger partial charge < -0.3 is 14.6 Å². The lowest BCUT2D eigenvalue weighted by atomic mass is 10.1. The largest absolute Gasteiger partial charge is 0.381 e. The van der Waals surface area contributed by atoms with Crippen LogP contribution in [0.15, 0.2) is 24.3 Å². The Kier molecular flexibility index (Phi) is 6.68. The Bertz CT molecular complexity index is 906. The van der Waals surface area contributed by atoms with Gasteiger partial charge in [-0.3, -0.25) is 9.69 Å². The average Bonchev–Trinajstić information content (AvgIpc) is 2.94. The Morgan fingerprint density at radius 3 is 2.52 bits per heavy atom. The third-order valence-electron chi connectivity index (χ3n) is 5.69. The molecule has 154 valence electrons. The highest BCUT2D eigenvalue weighted by Crippen LogP contribution is 2.27. The molecule has 0 atom stereocenters. The van der Waals surface area contributed by atoms with Gasteiger partial charge in [0.05, 0.1) is 18.2 Å². The Labute approximate surface area is 170 Å². The Morgan fingerprint density at radius 2 is 1.93 bits per heavy atom. The van der Waals surface area contributed by atoms with Crippen molar-refractivity contribution in [2.24, 2.45) is 0 Å². The van der Waals surface area contributed by atoms with E-state index < -0.39 is 0 Å². The number of benzene rings is 1. The standard InChI is InChI=1S/C22H27FN4O2/c1-15-16(2)27(13-17-4-6-18(23)7-5-17)22(20(15)12-24)25-21(28)14-26-10-8-19(29-3)9-11-26/h4-7,19H,8-11,13-14H2,1-3H3,(H,25,28). The van der Waals surface area contributed by atoms with Gasteiger partial charge in [-0.25, -0.2) is 4.39 Å². The average molecular weight is 398 g/mol. The predicted octanol–water partition coefficient (Wildman–Crippen LogP) is 3.21. The molecule has 0 bridgehead atoms. The number of nitriles is 1. The van der Waals surface area contributed by atoms with Crippen molar-refractivity contribution >= 4 is 11.7 Å². The van der Waals surface area contributed by atoms with E-state index >= 15 is 0 Å². The molecule has 29 heavy (non-hydrogen) atoms. The number of carbonyl (C=O) groups excluding carboxylic acids is 1. The van der Waals surface area contributed by atoms with Gasteiger partial charge in [0.15, 0.2) is 0 Å². The fourth-order valence-corrected chi connectivity index (χ4v) is 3.78. The van der Waals surface area contributed by atoms with Gasteiger partial charge in [0.1, 0.15) is 17.7 Å². The van der Waals surface area contributed by atoms with E-state index in [1.807, 2.05) is 18.4 Å². The maximum Gasteiger partial charge on any atom is 0.239 e. The van der Waals surface area contributed by atoms with Crippen molar-refractivity contribution in [3.8, 4) is 6.07 Å². The molecule has 0 unspecified atom stereocenters. The van der Waals surface area contributed by atoms with Gasteiger partial charge in [0.2, 0.25) is 5.91 Å². The van der Waals surface area contributed by atoms with E-state index in [1.165, 1.54) is 12.1 Å². The lowest BCUT2D eigenvalue weighted by Crippen LogP contribution is -2.41. The van der Waals surface area contributed by atoms with Gasteiger partial charge in [-0.05, 0) is 49.9 Å². The van der Waals surface area contributed by atoms with Crippen molar-refractivity contribution < 1.29 is 13.9 Å². The predicted molar refractivity (Wildman–Crippen MR) is 109 cm³/mol. The molecule has 2 heterocycles. The van der Waals surface area contributed by atoms with Crippen LogP contribution in [0.5, 0.6) is 0 Å². The number of amides is 1. The van der Waals surface area contributed by atoms with Crippen LogP contribution in [0.25, 0.3) is 0 Å². The van der Waals surface area contributed by atoms with Crippen LogP contribution in [-0.2, 0) is 16.1 Å². The van der Waals surface area contributed by atoms with Crippen molar-refractivity contribution in [2.75, 3.05) is 32.1 Å². The zero-order valence-electron chi connectivity index (χ0n) is 17.2. The molecule has 1 aromatic carbocycles. The molecule has 1 aliphatic heterocycles. The van der Waals surface area contributed by atoms with Gasteiger partial charge in [-0.15, -0.1) is 0 Å². The topological polar surface area (TPSA) is 70.3 Å². The molecule has 1 fully saturated rings. The van der Waals surface area contributed by atoms with Gasteiger partial charge >= 0.3 is 0 Å². The molecule has 0 aliphatic carbocycles. The van der Waals surface area contributed by atoms with E-state index in [-0.39, 0.29) is 24.4 Å². The first-order chi connectivity index (χ1) is 13.9. The number of carbonyl (C=O) groups is 1. The first-order valence-corrected chi connectivity index (χ1v) is 9.82. The van der Waals surface area contributed by atoms with Gasteiger partial charge in [-0.2, -0.15) is 5.26 Å². The number of ether oxygens (including phenoxy) is 1. The minimum absolute atomic E-state index is 0.143. The summed E-state index contributed by atoms with van der Waals surface area (Å²) in [6.45, 7) is 6.15. The fourth-order valence-electron chi connectivity index (χ4n) is 3.78. The molecule has 0 spiro atoms. The molecule has 0 saturated carbocycles. The number of likely N-dealkylation sites (tertiary alicyclic amines) is 1. The number of methoxy groups -OCH3 is 1. The first-order valence-electron chi connectivity index (χ1n) is 9.82. The molecule has 3 rings (SSSR count). The summed E-state index contributed by atoms with van der Waals surface area (Å²) < 4.78 is 20.5. The molecular weight excluding hydrogens is 371 g/mol. The lowest BCUT2D eigenvalue weighted by Gasteiger charge is -2.30. The van der Waals surface area contributed by atoms with Crippen LogP contribution >= 0.6 is 0 Å². The van der Waals surface area contributed by atoms with Crippen LogP contribution < -0.4 is 5.32 Å². The summed E-state index contributed by atoms with van der Waals surface area (Å²) in [7, 11) is 1.72. The van der Waals surface area contributed by atoms with E-state index in [4.69, 9.17) is 4.74 Å². The van der Waals surface area contributed by atoms with Crippen molar-refractivity contribution in [2.45, 2.75) is 39.3 Å². The van der Waals surface area contributed by atoms with E-state index in [0.717, 1.165) is 42.8 Å². The number of hydrogen-bond donors (Lipinski definition) is 1. The summed E-state index contributed by atoms with van der Waals surface area (Å²) in [5.41, 5.74) is 3.11. The maximum atomic E-state index is 13.2. The van der Waals surface area contributed by atoms with Crippen LogP contribution in [0.3, 0.4) is 0 Å². The Hall–Kier alpha value is -2.69. The van der Waals surface area contributed by atoms with Gasteiger partial charge in [0, 0.05) is 32.4 Å². The Morgan fingerprint density at radius 1 is 1.28 bits per heavy atom. The van der Waals surface area contributed by atoms with Crippen LogP contribution in [0, 0.1) is 31.0 Å². The third kappa shape index (κ3) is 4.84. The quantitative estimate of drug-likeness (QED) is 0.811. The highest BCUT2D eigenvalue weighted by molar-refractivity contribution is 5.93. The second-order valence-electron chi connectivity index (χ2n) is 7.52. The number of rotatable bonds is 6. The number of halogens is 1. The Balaban J connectivity index is 1.77. The van der Waals surface area contributed by atoms with Gasteiger partial charge in [0.25, 0.3) is 0 Å². The van der Waals surface area contributed by atoms with Crippen molar-refractivity contribution in [3.05, 3.63) is 52.5 Å². The monoisotopic (exact) mass is 398 g/mol. The summed E-state index contributed by atoms with van der Waals surface area (Å²) in [5, 5.41) is 12.6. The molecule has 6 nitrogen and oxygen atoms in total. The van der Waals surface area contributed by atoms with E-state index in [2.05, 4.69) is 16.3 Å². The normalized spacial score (nSPS) is 15.3. The van der Waals surface area contributed by atoms with Crippen molar-refractivity contribution in [1.82, 2.24) is 9.47 Å². The highest BCUT2D eigenvalue weighted by Gasteiger charge is 2.23. The molecule has 2 aromatic rings. The van der Waals surface area contributed by atoms with Gasteiger partial charge in [-0.1, -0.05) is 12.1 Å². The summed E-state index contributed by atoms with van der Waals surface area (Å²) in [5.74, 6) is 0.0662. The summed E-state index contributed by atoms with van der Waals surface area (Å²) in [6, 6.07) is 8.46. The van der Waals surface area contributed by atoms with Crippen LogP contribution in [0.2, 0.25) is 0 Å². The molecule has 1 saturated heterocycles. The molecule has 0 radical (unpaired) electrons. The van der Waals surface area contributed by atoms with E-state index in [0.29, 0.717) is 17.9 Å². The minimum Gasteiger partial charge on any atom is -0.381 e. The molecule has 1 aliphatic rings. The minimum atomic E-state index is -0.294. The number of hydrogen-bond acceptors (Lipinski definition) is 4. The summed E-state index contributed by atoms with van der Waals surface area (Å²) >= 11 is 0. The number of aromatic nitrogens is 1. The second-order valence-corrected chi connectivity index (χ2v) is 7.52. The smallest absolute Gasteiger partial charge is 0.239 e. The lowest BCUT2D eigenvalue weighted by molar-refractivity contribution is -0.118.